The summed E-state index contributed by atoms with van der Waals surface area (Å²) in [6, 6.07) is 24.5. The maximum atomic E-state index is 12.9. The highest BCUT2D eigenvalue weighted by Crippen LogP contribution is 2.23. The van der Waals surface area contributed by atoms with Crippen molar-refractivity contribution in [2.75, 3.05) is 36.4 Å². The van der Waals surface area contributed by atoms with Crippen molar-refractivity contribution in [2.24, 2.45) is 0 Å². The van der Waals surface area contributed by atoms with Crippen LogP contribution >= 0.6 is 15.9 Å². The summed E-state index contributed by atoms with van der Waals surface area (Å²) >= 11 is 3.37. The smallest absolute Gasteiger partial charge is 0.289 e. The number of para-hydroxylation sites is 1. The van der Waals surface area contributed by atoms with E-state index in [1.54, 1.807) is 12.1 Å². The van der Waals surface area contributed by atoms with Crippen molar-refractivity contribution in [1.29, 1.82) is 0 Å². The van der Waals surface area contributed by atoms with Crippen LogP contribution in [0.5, 0.6) is 0 Å². The number of furan rings is 1. The van der Waals surface area contributed by atoms with Gasteiger partial charge >= 0.3 is 0 Å². The molecule has 1 saturated heterocycles. The predicted octanol–water partition coefficient (Wildman–Crippen LogP) is 5.41. The highest BCUT2D eigenvalue weighted by Gasteiger charge is 2.24. The molecular formula is C26H22BrN3O3. The zero-order chi connectivity index (χ0) is 22.8. The zero-order valence-electron chi connectivity index (χ0n) is 17.8. The van der Waals surface area contributed by atoms with Crippen LogP contribution in [-0.2, 0) is 0 Å². The summed E-state index contributed by atoms with van der Waals surface area (Å²) in [5.41, 5.74) is 3.14. The summed E-state index contributed by atoms with van der Waals surface area (Å²) < 4.78 is 6.67. The molecule has 0 aliphatic carbocycles. The molecule has 0 spiro atoms. The molecule has 1 aromatic heterocycles. The second-order valence-electron chi connectivity index (χ2n) is 7.94. The minimum atomic E-state index is -0.145. The molecule has 7 heteroatoms. The van der Waals surface area contributed by atoms with E-state index in [0.29, 0.717) is 24.4 Å². The van der Waals surface area contributed by atoms with Gasteiger partial charge in [-0.25, -0.2) is 0 Å². The number of benzene rings is 3. The lowest BCUT2D eigenvalue weighted by Crippen LogP contribution is -2.48. The first-order valence-corrected chi connectivity index (χ1v) is 11.6. The number of fused-ring (bicyclic) bond motifs is 1. The topological polar surface area (TPSA) is 65.8 Å². The van der Waals surface area contributed by atoms with Gasteiger partial charge in [0.25, 0.3) is 11.8 Å². The molecule has 1 N–H and O–H groups in total. The van der Waals surface area contributed by atoms with Crippen LogP contribution < -0.4 is 10.2 Å². The van der Waals surface area contributed by atoms with E-state index in [1.165, 1.54) is 0 Å². The van der Waals surface area contributed by atoms with Gasteiger partial charge in [-0.15, -0.1) is 0 Å². The third kappa shape index (κ3) is 4.64. The Morgan fingerprint density at radius 3 is 2.24 bits per heavy atom. The van der Waals surface area contributed by atoms with Crippen LogP contribution in [-0.4, -0.2) is 42.9 Å². The maximum Gasteiger partial charge on any atom is 0.289 e. The van der Waals surface area contributed by atoms with E-state index >= 15 is 0 Å². The highest BCUT2D eigenvalue weighted by molar-refractivity contribution is 9.10. The van der Waals surface area contributed by atoms with Crippen LogP contribution in [0.4, 0.5) is 11.4 Å². The molecule has 1 fully saturated rings. The van der Waals surface area contributed by atoms with Gasteiger partial charge in [0.1, 0.15) is 5.58 Å². The third-order valence-electron chi connectivity index (χ3n) is 5.80. The SMILES string of the molecule is O=C(Nc1ccc(N2CCN(C(=O)c3cc4ccccc4o3)CC2)cc1)c1ccc(Br)cc1. The van der Waals surface area contributed by atoms with Crippen molar-refractivity contribution in [2.45, 2.75) is 0 Å². The summed E-state index contributed by atoms with van der Waals surface area (Å²) in [5.74, 6) is 0.167. The van der Waals surface area contributed by atoms with Gasteiger partial charge in [0, 0.05) is 53.0 Å². The minimum Gasteiger partial charge on any atom is -0.451 e. The molecule has 1 aliphatic heterocycles. The fraction of sp³-hybridized carbons (Fsp3) is 0.154. The fourth-order valence-corrected chi connectivity index (χ4v) is 4.24. The third-order valence-corrected chi connectivity index (χ3v) is 6.33. The van der Waals surface area contributed by atoms with Gasteiger partial charge in [-0.3, -0.25) is 9.59 Å². The van der Waals surface area contributed by atoms with Crippen molar-refractivity contribution < 1.29 is 14.0 Å². The Labute approximate surface area is 199 Å². The van der Waals surface area contributed by atoms with Gasteiger partial charge in [-0.1, -0.05) is 34.1 Å². The van der Waals surface area contributed by atoms with Crippen molar-refractivity contribution >= 4 is 50.1 Å². The molecule has 0 bridgehead atoms. The van der Waals surface area contributed by atoms with Crippen molar-refractivity contribution in [3.8, 4) is 0 Å². The van der Waals surface area contributed by atoms with Gasteiger partial charge < -0.3 is 19.5 Å². The number of nitrogens with one attached hydrogen (secondary N) is 1. The van der Waals surface area contributed by atoms with Gasteiger partial charge in [0.15, 0.2) is 5.76 Å². The van der Waals surface area contributed by atoms with Gasteiger partial charge in [-0.05, 0) is 60.7 Å². The minimum absolute atomic E-state index is 0.0724. The first kappa shape index (κ1) is 21.3. The average molecular weight is 504 g/mol. The monoisotopic (exact) mass is 503 g/mol. The van der Waals surface area contributed by atoms with E-state index in [-0.39, 0.29) is 11.8 Å². The maximum absolute atomic E-state index is 12.9. The highest BCUT2D eigenvalue weighted by atomic mass is 79.9. The predicted molar refractivity (Wildman–Crippen MR) is 133 cm³/mol. The Balaban J connectivity index is 1.18. The summed E-state index contributed by atoms with van der Waals surface area (Å²) in [7, 11) is 0. The lowest BCUT2D eigenvalue weighted by molar-refractivity contribution is 0.0717. The van der Waals surface area contributed by atoms with Crippen LogP contribution in [0.2, 0.25) is 0 Å². The number of hydrogen-bond donors (Lipinski definition) is 1. The number of amides is 2. The first-order chi connectivity index (χ1) is 16.1. The second-order valence-corrected chi connectivity index (χ2v) is 8.85. The van der Waals surface area contributed by atoms with Gasteiger partial charge in [0.05, 0.1) is 0 Å². The number of anilines is 2. The van der Waals surface area contributed by atoms with Crippen LogP contribution in [0.3, 0.4) is 0 Å². The zero-order valence-corrected chi connectivity index (χ0v) is 19.4. The van der Waals surface area contributed by atoms with Crippen molar-refractivity contribution in [3.05, 3.63) is 94.7 Å². The average Bonchev–Trinajstić information content (AvgIpc) is 3.29. The van der Waals surface area contributed by atoms with E-state index in [1.807, 2.05) is 71.6 Å². The number of hydrogen-bond acceptors (Lipinski definition) is 4. The summed E-state index contributed by atoms with van der Waals surface area (Å²) in [6.07, 6.45) is 0. The molecule has 0 atom stereocenters. The Bertz CT molecular complexity index is 1260. The summed E-state index contributed by atoms with van der Waals surface area (Å²) in [6.45, 7) is 2.71. The molecule has 1 aliphatic rings. The molecule has 0 saturated carbocycles. The molecular weight excluding hydrogens is 482 g/mol. The molecule has 6 nitrogen and oxygen atoms in total. The Morgan fingerprint density at radius 1 is 0.848 bits per heavy atom. The van der Waals surface area contributed by atoms with Gasteiger partial charge in [-0.2, -0.15) is 0 Å². The number of carbonyl (C=O) groups excluding carboxylic acids is 2. The largest absolute Gasteiger partial charge is 0.451 e. The number of piperazine rings is 1. The second kappa shape index (κ2) is 9.11. The first-order valence-electron chi connectivity index (χ1n) is 10.8. The van der Waals surface area contributed by atoms with E-state index < -0.39 is 0 Å². The number of nitrogens with zero attached hydrogens (tertiary/aromatic N) is 2. The van der Waals surface area contributed by atoms with E-state index in [0.717, 1.165) is 39.9 Å². The molecule has 2 heterocycles. The van der Waals surface area contributed by atoms with Crippen molar-refractivity contribution in [1.82, 2.24) is 4.90 Å². The summed E-state index contributed by atoms with van der Waals surface area (Å²) in [4.78, 5) is 29.3. The summed E-state index contributed by atoms with van der Waals surface area (Å²) in [5, 5.41) is 3.86. The van der Waals surface area contributed by atoms with Gasteiger partial charge in [0.2, 0.25) is 0 Å². The molecule has 4 aromatic rings. The molecule has 0 unspecified atom stereocenters. The Kier molecular flexibility index (Phi) is 5.88. The van der Waals surface area contributed by atoms with Crippen LogP contribution in [0.1, 0.15) is 20.9 Å². The molecule has 2 amide bonds. The molecule has 3 aromatic carbocycles. The Morgan fingerprint density at radius 2 is 1.55 bits per heavy atom. The van der Waals surface area contributed by atoms with Crippen molar-refractivity contribution in [3.63, 3.8) is 0 Å². The molecule has 5 rings (SSSR count). The number of carbonyl (C=O) groups is 2. The van der Waals surface area contributed by atoms with E-state index in [9.17, 15) is 9.59 Å². The molecule has 0 radical (unpaired) electrons. The number of halogens is 1. The molecule has 33 heavy (non-hydrogen) atoms. The normalized spacial score (nSPS) is 13.8. The molecule has 166 valence electrons. The lowest BCUT2D eigenvalue weighted by atomic mass is 10.2. The Hall–Kier alpha value is -3.58. The standard InChI is InChI=1S/C26H22BrN3O3/c27-20-7-5-18(6-8-20)25(31)28-21-9-11-22(12-10-21)29-13-15-30(16-14-29)26(32)24-17-19-3-1-2-4-23(19)33-24/h1-12,17H,13-16H2,(H,28,31). The van der Waals surface area contributed by atoms with Crippen LogP contribution in [0, 0.1) is 0 Å². The number of rotatable bonds is 4. The van der Waals surface area contributed by atoms with Crippen LogP contribution in [0.15, 0.2) is 87.8 Å². The lowest BCUT2D eigenvalue weighted by Gasteiger charge is -2.35. The van der Waals surface area contributed by atoms with E-state index in [2.05, 4.69) is 26.1 Å². The quantitative estimate of drug-likeness (QED) is 0.404. The fourth-order valence-electron chi connectivity index (χ4n) is 3.97. The van der Waals surface area contributed by atoms with Crippen LogP contribution in [0.25, 0.3) is 11.0 Å². The van der Waals surface area contributed by atoms with E-state index in [4.69, 9.17) is 4.42 Å².